The molecule has 0 aliphatic carbocycles. The zero-order valence-electron chi connectivity index (χ0n) is 20.2. The summed E-state index contributed by atoms with van der Waals surface area (Å²) in [5.41, 5.74) is 1.39. The highest BCUT2D eigenvalue weighted by Gasteiger charge is 2.39. The van der Waals surface area contributed by atoms with Crippen molar-refractivity contribution in [2.45, 2.75) is 39.8 Å². The van der Waals surface area contributed by atoms with Gasteiger partial charge in [-0.25, -0.2) is 9.59 Å². The summed E-state index contributed by atoms with van der Waals surface area (Å²) in [6.07, 6.45) is 0. The predicted molar refractivity (Wildman–Crippen MR) is 132 cm³/mol. The van der Waals surface area contributed by atoms with E-state index in [9.17, 15) is 14.4 Å². The number of halogens is 2. The van der Waals surface area contributed by atoms with E-state index in [1.807, 2.05) is 25.7 Å². The second kappa shape index (κ2) is 11.0. The normalized spacial score (nSPS) is 21.7. The molecule has 1 fully saturated rings. The average molecular weight is 511 g/mol. The van der Waals surface area contributed by atoms with Crippen molar-refractivity contribution in [3.8, 4) is 0 Å². The third-order valence-corrected chi connectivity index (χ3v) is 7.06. The molecule has 1 aromatic carbocycles. The van der Waals surface area contributed by atoms with Crippen LogP contribution in [0.15, 0.2) is 29.5 Å². The Balaban J connectivity index is 1.98. The molecule has 1 N–H and O–H groups in total. The molecule has 0 radical (unpaired) electrons. The Morgan fingerprint density at radius 3 is 2.56 bits per heavy atom. The van der Waals surface area contributed by atoms with Crippen molar-refractivity contribution >= 4 is 41.1 Å². The molecule has 0 spiro atoms. The fourth-order valence-electron chi connectivity index (χ4n) is 4.42. The van der Waals surface area contributed by atoms with Gasteiger partial charge in [-0.1, -0.05) is 49.2 Å². The minimum atomic E-state index is -0.801. The molecule has 2 aliphatic heterocycles. The molecule has 3 rings (SSSR count). The van der Waals surface area contributed by atoms with Crippen molar-refractivity contribution in [3.05, 3.63) is 45.1 Å². The lowest BCUT2D eigenvalue weighted by atomic mass is 9.94. The van der Waals surface area contributed by atoms with Gasteiger partial charge >= 0.3 is 12.0 Å². The van der Waals surface area contributed by atoms with E-state index in [0.29, 0.717) is 48.0 Å². The first-order valence-corrected chi connectivity index (χ1v) is 12.2. The first kappa shape index (κ1) is 26.3. The summed E-state index contributed by atoms with van der Waals surface area (Å²) < 4.78 is 5.38. The number of nitrogens with zero attached hydrogens (tertiary/aromatic N) is 3. The lowest BCUT2D eigenvalue weighted by Gasteiger charge is -2.43. The lowest BCUT2D eigenvalue weighted by Crippen LogP contribution is -2.56. The third kappa shape index (κ3) is 5.34. The average Bonchev–Trinajstić information content (AvgIpc) is 2.78. The largest absolute Gasteiger partial charge is 0.463 e. The predicted octanol–water partition coefficient (Wildman–Crippen LogP) is 3.70. The maximum atomic E-state index is 13.2. The molecule has 0 aromatic heterocycles. The van der Waals surface area contributed by atoms with Gasteiger partial charge in [-0.15, -0.1) is 0 Å². The first-order valence-electron chi connectivity index (χ1n) is 11.5. The minimum Gasteiger partial charge on any atom is -0.463 e. The number of urea groups is 1. The van der Waals surface area contributed by atoms with Crippen LogP contribution in [0.2, 0.25) is 10.0 Å². The molecule has 2 heterocycles. The monoisotopic (exact) mass is 510 g/mol. The molecule has 2 atom stereocenters. The van der Waals surface area contributed by atoms with Crippen LogP contribution in [0.4, 0.5) is 4.79 Å². The lowest BCUT2D eigenvalue weighted by molar-refractivity contribution is -0.139. The summed E-state index contributed by atoms with van der Waals surface area (Å²) in [6, 6.07) is 3.97. The molecule has 1 aromatic rings. The standard InChI is InChI=1S/C24H32Cl2N4O4/c1-6-34-23(32)19-18(13-29-10-11-30(15(4)12-29)22(31)14(2)3)28(5)24(33)27-21(19)16-8-7-9-17(25)20(16)26/h7-9,14-15,21H,6,10-13H2,1-5H3,(H,27,33)/t15-,21-/m0/s1. The van der Waals surface area contributed by atoms with Crippen molar-refractivity contribution in [2.24, 2.45) is 5.92 Å². The van der Waals surface area contributed by atoms with Crippen molar-refractivity contribution < 1.29 is 19.1 Å². The van der Waals surface area contributed by atoms with Crippen LogP contribution < -0.4 is 5.32 Å². The quantitative estimate of drug-likeness (QED) is 0.590. The summed E-state index contributed by atoms with van der Waals surface area (Å²) in [5.74, 6) is -0.459. The number of ether oxygens (including phenoxy) is 1. The van der Waals surface area contributed by atoms with E-state index in [2.05, 4.69) is 10.2 Å². The van der Waals surface area contributed by atoms with Crippen LogP contribution in [0.25, 0.3) is 0 Å². The zero-order valence-corrected chi connectivity index (χ0v) is 21.7. The van der Waals surface area contributed by atoms with Gasteiger partial charge in [0, 0.05) is 50.9 Å². The van der Waals surface area contributed by atoms with E-state index in [1.54, 1.807) is 32.2 Å². The molecule has 1 saturated heterocycles. The van der Waals surface area contributed by atoms with Gasteiger partial charge in [0.05, 0.1) is 28.3 Å². The molecule has 2 aliphatic rings. The number of esters is 1. The zero-order chi connectivity index (χ0) is 25.2. The molecule has 34 heavy (non-hydrogen) atoms. The number of hydrogen-bond acceptors (Lipinski definition) is 5. The number of carbonyl (C=O) groups excluding carboxylic acids is 3. The van der Waals surface area contributed by atoms with E-state index in [-0.39, 0.29) is 35.5 Å². The van der Waals surface area contributed by atoms with Gasteiger partial charge in [-0.3, -0.25) is 14.6 Å². The van der Waals surface area contributed by atoms with E-state index < -0.39 is 12.0 Å². The highest BCUT2D eigenvalue weighted by Crippen LogP contribution is 2.37. The smallest absolute Gasteiger partial charge is 0.338 e. The van der Waals surface area contributed by atoms with Gasteiger partial charge in [0.25, 0.3) is 0 Å². The second-order valence-corrected chi connectivity index (χ2v) is 9.72. The topological polar surface area (TPSA) is 82.2 Å². The molecule has 3 amide bonds. The van der Waals surface area contributed by atoms with E-state index >= 15 is 0 Å². The molecular formula is C24H32Cl2N4O4. The van der Waals surface area contributed by atoms with Crippen molar-refractivity contribution in [1.82, 2.24) is 20.0 Å². The molecule has 0 saturated carbocycles. The Morgan fingerprint density at radius 1 is 1.24 bits per heavy atom. The molecule has 8 nitrogen and oxygen atoms in total. The SMILES string of the molecule is CCOC(=O)C1=C(CN2CCN(C(=O)C(C)C)[C@@H](C)C2)N(C)C(=O)N[C@H]1c1cccc(Cl)c1Cl. The number of benzene rings is 1. The van der Waals surface area contributed by atoms with Gasteiger partial charge in [-0.2, -0.15) is 0 Å². The minimum absolute atomic E-state index is 0.0104. The number of nitrogens with one attached hydrogen (secondary N) is 1. The summed E-state index contributed by atoms with van der Waals surface area (Å²) >= 11 is 12.7. The Hall–Kier alpha value is -2.29. The van der Waals surface area contributed by atoms with Crippen molar-refractivity contribution in [2.75, 3.05) is 39.8 Å². The van der Waals surface area contributed by atoms with Crippen molar-refractivity contribution in [3.63, 3.8) is 0 Å². The van der Waals surface area contributed by atoms with Crippen molar-refractivity contribution in [1.29, 1.82) is 0 Å². The van der Waals surface area contributed by atoms with Gasteiger partial charge in [0.15, 0.2) is 0 Å². The molecule has 10 heteroatoms. The Bertz CT molecular complexity index is 997. The fourth-order valence-corrected chi connectivity index (χ4v) is 4.84. The number of piperazine rings is 1. The van der Waals surface area contributed by atoms with E-state index in [1.165, 1.54) is 4.90 Å². The second-order valence-electron chi connectivity index (χ2n) is 8.94. The number of likely N-dealkylation sites (N-methyl/N-ethyl adjacent to an activating group) is 1. The summed E-state index contributed by atoms with van der Waals surface area (Å²) in [5, 5.41) is 3.47. The highest BCUT2D eigenvalue weighted by molar-refractivity contribution is 6.42. The fraction of sp³-hybridized carbons (Fsp3) is 0.542. The number of amides is 3. The molecule has 0 bridgehead atoms. The number of rotatable bonds is 6. The van der Waals surface area contributed by atoms with Crippen LogP contribution in [-0.2, 0) is 14.3 Å². The van der Waals surface area contributed by atoms with Gasteiger partial charge < -0.3 is 15.0 Å². The van der Waals surface area contributed by atoms with Crippen LogP contribution in [0.3, 0.4) is 0 Å². The molecule has 186 valence electrons. The first-order chi connectivity index (χ1) is 16.1. The Morgan fingerprint density at radius 2 is 1.94 bits per heavy atom. The van der Waals surface area contributed by atoms with Crippen LogP contribution in [0.1, 0.15) is 39.3 Å². The van der Waals surface area contributed by atoms with Gasteiger partial charge in [-0.05, 0) is 25.5 Å². The van der Waals surface area contributed by atoms with E-state index in [4.69, 9.17) is 27.9 Å². The third-order valence-electron chi connectivity index (χ3n) is 6.23. The summed E-state index contributed by atoms with van der Waals surface area (Å²) in [7, 11) is 1.63. The Kier molecular flexibility index (Phi) is 8.49. The molecule has 0 unspecified atom stereocenters. The number of hydrogen-bond donors (Lipinski definition) is 1. The van der Waals surface area contributed by atoms with Crippen LogP contribution in [0.5, 0.6) is 0 Å². The van der Waals surface area contributed by atoms with Crippen LogP contribution in [-0.4, -0.2) is 78.5 Å². The number of carbonyl (C=O) groups is 3. The maximum absolute atomic E-state index is 13.2. The Labute approximate surface area is 210 Å². The molecular weight excluding hydrogens is 479 g/mol. The highest BCUT2D eigenvalue weighted by atomic mass is 35.5. The summed E-state index contributed by atoms with van der Waals surface area (Å²) in [4.78, 5) is 44.1. The van der Waals surface area contributed by atoms with Gasteiger partial charge in [0.1, 0.15) is 0 Å². The van der Waals surface area contributed by atoms with Crippen LogP contribution >= 0.6 is 23.2 Å². The van der Waals surface area contributed by atoms with Crippen LogP contribution in [0, 0.1) is 5.92 Å². The van der Waals surface area contributed by atoms with Gasteiger partial charge in [0.2, 0.25) is 5.91 Å². The maximum Gasteiger partial charge on any atom is 0.338 e. The van der Waals surface area contributed by atoms with E-state index in [0.717, 1.165) is 0 Å². The summed E-state index contributed by atoms with van der Waals surface area (Å²) in [6.45, 7) is 9.91.